The van der Waals surface area contributed by atoms with Crippen LogP contribution in [0.2, 0.25) is 15.1 Å². The fraction of sp³-hybridized carbons (Fsp3) is 0. The highest BCUT2D eigenvalue weighted by Gasteiger charge is 1.95. The molecule has 3 heteroatoms. The second-order valence-electron chi connectivity index (χ2n) is 3.42. The Balaban J connectivity index is 2.32. The van der Waals surface area contributed by atoms with Gasteiger partial charge < -0.3 is 0 Å². The molecular weight excluding hydrogens is 275 g/mol. The Bertz CT molecular complexity index is 586. The second kappa shape index (κ2) is 5.47. The molecule has 0 unspecified atom stereocenters. The van der Waals surface area contributed by atoms with Crippen LogP contribution in [0.4, 0.5) is 0 Å². The summed E-state index contributed by atoms with van der Waals surface area (Å²) in [6.45, 7) is 0. The van der Waals surface area contributed by atoms with E-state index < -0.39 is 0 Å². The summed E-state index contributed by atoms with van der Waals surface area (Å²) in [6.07, 6.45) is 0. The Hall–Kier alpha value is -1.13. The van der Waals surface area contributed by atoms with Crippen LogP contribution in [0, 0.1) is 11.8 Å². The molecule has 17 heavy (non-hydrogen) atoms. The first kappa shape index (κ1) is 12.3. The molecule has 0 aliphatic rings. The number of halogens is 3. The van der Waals surface area contributed by atoms with Gasteiger partial charge in [0.15, 0.2) is 0 Å². The monoisotopic (exact) mass is 280 g/mol. The predicted molar refractivity (Wildman–Crippen MR) is 73.9 cm³/mol. The van der Waals surface area contributed by atoms with Gasteiger partial charge in [-0.2, -0.15) is 0 Å². The van der Waals surface area contributed by atoms with Gasteiger partial charge >= 0.3 is 0 Å². The molecule has 84 valence electrons. The Morgan fingerprint density at radius 3 is 1.88 bits per heavy atom. The molecule has 0 fully saturated rings. The average molecular weight is 282 g/mol. The van der Waals surface area contributed by atoms with Crippen LogP contribution in [-0.2, 0) is 0 Å². The minimum absolute atomic E-state index is 0.577. The molecule has 0 radical (unpaired) electrons. The van der Waals surface area contributed by atoms with Gasteiger partial charge in [-0.15, -0.1) is 0 Å². The van der Waals surface area contributed by atoms with E-state index in [2.05, 4.69) is 11.8 Å². The summed E-state index contributed by atoms with van der Waals surface area (Å²) in [5, 5.41) is 1.82. The number of hydrogen-bond acceptors (Lipinski definition) is 0. The van der Waals surface area contributed by atoms with E-state index in [9.17, 15) is 0 Å². The summed E-state index contributed by atoms with van der Waals surface area (Å²) in [4.78, 5) is 0. The molecule has 0 saturated heterocycles. The van der Waals surface area contributed by atoms with Gasteiger partial charge in [0.25, 0.3) is 0 Å². The number of benzene rings is 2. The van der Waals surface area contributed by atoms with Crippen molar-refractivity contribution in [2.24, 2.45) is 0 Å². The first-order chi connectivity index (χ1) is 8.13. The molecule has 2 aromatic carbocycles. The average Bonchev–Trinajstić information content (AvgIpc) is 2.25. The second-order valence-corrected chi connectivity index (χ2v) is 4.73. The van der Waals surface area contributed by atoms with E-state index in [1.165, 1.54) is 0 Å². The number of rotatable bonds is 0. The van der Waals surface area contributed by atoms with Crippen molar-refractivity contribution in [2.45, 2.75) is 0 Å². The molecule has 0 aromatic heterocycles. The van der Waals surface area contributed by atoms with Crippen molar-refractivity contribution in [1.82, 2.24) is 0 Å². The molecule has 0 saturated carbocycles. The Morgan fingerprint density at radius 1 is 0.647 bits per heavy atom. The molecule has 2 rings (SSSR count). The standard InChI is InChI=1S/C14H7Cl3/c15-12-3-1-2-10(6-12)4-5-11-7-13(16)9-14(17)8-11/h1-3,6-9H. The van der Waals surface area contributed by atoms with Gasteiger partial charge in [0.2, 0.25) is 0 Å². The summed E-state index contributed by atoms with van der Waals surface area (Å²) in [5.41, 5.74) is 1.64. The van der Waals surface area contributed by atoms with Crippen molar-refractivity contribution < 1.29 is 0 Å². The Morgan fingerprint density at radius 2 is 1.24 bits per heavy atom. The maximum absolute atomic E-state index is 5.88. The van der Waals surface area contributed by atoms with Crippen molar-refractivity contribution >= 4 is 34.8 Å². The minimum Gasteiger partial charge on any atom is -0.0843 e. The summed E-state index contributed by atoms with van der Waals surface area (Å²) in [6, 6.07) is 12.6. The summed E-state index contributed by atoms with van der Waals surface area (Å²) >= 11 is 17.6. The highest BCUT2D eigenvalue weighted by molar-refractivity contribution is 6.34. The lowest BCUT2D eigenvalue weighted by Gasteiger charge is -1.95. The topological polar surface area (TPSA) is 0 Å². The van der Waals surface area contributed by atoms with E-state index in [1.54, 1.807) is 24.3 Å². The quantitative estimate of drug-likeness (QED) is 0.593. The Labute approximate surface area is 115 Å². The van der Waals surface area contributed by atoms with Crippen LogP contribution in [0.15, 0.2) is 42.5 Å². The first-order valence-corrected chi connectivity index (χ1v) is 6.00. The third kappa shape index (κ3) is 3.68. The van der Waals surface area contributed by atoms with Gasteiger partial charge in [-0.1, -0.05) is 52.7 Å². The van der Waals surface area contributed by atoms with E-state index in [4.69, 9.17) is 34.8 Å². The lowest BCUT2D eigenvalue weighted by Crippen LogP contribution is -1.77. The summed E-state index contributed by atoms with van der Waals surface area (Å²) < 4.78 is 0. The predicted octanol–water partition coefficient (Wildman–Crippen LogP) is 5.05. The van der Waals surface area contributed by atoms with Crippen LogP contribution < -0.4 is 0 Å². The van der Waals surface area contributed by atoms with Gasteiger partial charge in [0.1, 0.15) is 0 Å². The smallest absolute Gasteiger partial charge is 0.0433 e. The van der Waals surface area contributed by atoms with Crippen LogP contribution in [0.5, 0.6) is 0 Å². The molecule has 0 aliphatic heterocycles. The van der Waals surface area contributed by atoms with Crippen LogP contribution >= 0.6 is 34.8 Å². The molecule has 0 nitrogen and oxygen atoms in total. The molecular formula is C14H7Cl3. The number of hydrogen-bond donors (Lipinski definition) is 0. The van der Waals surface area contributed by atoms with Gasteiger partial charge in [-0.3, -0.25) is 0 Å². The van der Waals surface area contributed by atoms with Gasteiger partial charge in [0, 0.05) is 26.2 Å². The Kier molecular flexibility index (Phi) is 3.97. The molecule has 0 aliphatic carbocycles. The molecule has 0 N–H and O–H groups in total. The zero-order valence-electron chi connectivity index (χ0n) is 8.68. The molecule has 0 heterocycles. The van der Waals surface area contributed by atoms with Crippen LogP contribution in [0.25, 0.3) is 0 Å². The maximum atomic E-state index is 5.88. The third-order valence-electron chi connectivity index (χ3n) is 2.04. The van der Waals surface area contributed by atoms with Crippen molar-refractivity contribution in [3.63, 3.8) is 0 Å². The van der Waals surface area contributed by atoms with Gasteiger partial charge in [-0.05, 0) is 36.4 Å². The van der Waals surface area contributed by atoms with Crippen molar-refractivity contribution in [3.8, 4) is 11.8 Å². The summed E-state index contributed by atoms with van der Waals surface area (Å²) in [7, 11) is 0. The zero-order valence-corrected chi connectivity index (χ0v) is 10.9. The van der Waals surface area contributed by atoms with E-state index >= 15 is 0 Å². The largest absolute Gasteiger partial charge is 0.0843 e. The molecule has 0 amide bonds. The van der Waals surface area contributed by atoms with E-state index in [1.807, 2.05) is 18.2 Å². The van der Waals surface area contributed by atoms with Crippen molar-refractivity contribution in [2.75, 3.05) is 0 Å². The normalized spacial score (nSPS) is 9.59. The molecule has 0 atom stereocenters. The lowest BCUT2D eigenvalue weighted by atomic mass is 10.2. The van der Waals surface area contributed by atoms with Crippen LogP contribution in [0.1, 0.15) is 11.1 Å². The highest BCUT2D eigenvalue weighted by Crippen LogP contribution is 2.18. The van der Waals surface area contributed by atoms with Crippen molar-refractivity contribution in [3.05, 3.63) is 68.7 Å². The summed E-state index contributed by atoms with van der Waals surface area (Å²) in [5.74, 6) is 6.00. The minimum atomic E-state index is 0.577. The zero-order chi connectivity index (χ0) is 12.3. The molecule has 2 aromatic rings. The SMILES string of the molecule is Clc1cccc(C#Cc2cc(Cl)cc(Cl)c2)c1. The van der Waals surface area contributed by atoms with Crippen LogP contribution in [0.3, 0.4) is 0 Å². The van der Waals surface area contributed by atoms with Crippen molar-refractivity contribution in [1.29, 1.82) is 0 Å². The van der Waals surface area contributed by atoms with E-state index in [0.29, 0.717) is 15.1 Å². The fourth-order valence-corrected chi connectivity index (χ4v) is 2.05. The van der Waals surface area contributed by atoms with Crippen LogP contribution in [-0.4, -0.2) is 0 Å². The van der Waals surface area contributed by atoms with Gasteiger partial charge in [0.05, 0.1) is 0 Å². The maximum Gasteiger partial charge on any atom is 0.0433 e. The highest BCUT2D eigenvalue weighted by atomic mass is 35.5. The molecule has 0 spiro atoms. The third-order valence-corrected chi connectivity index (χ3v) is 2.71. The van der Waals surface area contributed by atoms with E-state index in [-0.39, 0.29) is 0 Å². The molecule has 0 bridgehead atoms. The van der Waals surface area contributed by atoms with Gasteiger partial charge in [-0.25, -0.2) is 0 Å². The van der Waals surface area contributed by atoms with E-state index in [0.717, 1.165) is 11.1 Å². The lowest BCUT2D eigenvalue weighted by molar-refractivity contribution is 1.62. The fourth-order valence-electron chi connectivity index (χ4n) is 1.34. The first-order valence-electron chi connectivity index (χ1n) is 4.87.